The normalized spacial score (nSPS) is 11.5. The van der Waals surface area contributed by atoms with Crippen LogP contribution in [-0.4, -0.2) is 20.4 Å². The Kier molecular flexibility index (Phi) is 5.75. The van der Waals surface area contributed by atoms with Gasteiger partial charge in [0.15, 0.2) is 0 Å². The second kappa shape index (κ2) is 7.59. The first kappa shape index (κ1) is 18.2. The first-order valence-electron chi connectivity index (χ1n) is 7.74. The molecule has 128 valence electrons. The van der Waals surface area contributed by atoms with E-state index in [1.165, 1.54) is 12.1 Å². The first-order chi connectivity index (χ1) is 11.3. The lowest BCUT2D eigenvalue weighted by molar-refractivity contribution is 0.0943. The highest BCUT2D eigenvalue weighted by Gasteiger charge is 2.16. The predicted molar refractivity (Wildman–Crippen MR) is 94.2 cm³/mol. The number of hydrogen-bond acceptors (Lipinski definition) is 3. The van der Waals surface area contributed by atoms with Crippen LogP contribution in [0, 0.1) is 6.92 Å². The van der Waals surface area contributed by atoms with Crippen molar-refractivity contribution in [1.82, 2.24) is 10.0 Å². The molecule has 0 atom stereocenters. The van der Waals surface area contributed by atoms with E-state index in [4.69, 9.17) is 0 Å². The molecule has 2 aromatic carbocycles. The average Bonchev–Trinajstić information content (AvgIpc) is 2.53. The first-order valence-corrected chi connectivity index (χ1v) is 9.23. The van der Waals surface area contributed by atoms with E-state index in [2.05, 4.69) is 10.0 Å². The van der Waals surface area contributed by atoms with Crippen LogP contribution in [0.4, 0.5) is 0 Å². The fraction of sp³-hybridized carbons (Fsp3) is 0.278. The summed E-state index contributed by atoms with van der Waals surface area (Å²) in [5.41, 5.74) is 2.25. The number of sulfonamides is 1. The van der Waals surface area contributed by atoms with E-state index in [0.29, 0.717) is 5.56 Å². The number of benzene rings is 2. The highest BCUT2D eigenvalue weighted by molar-refractivity contribution is 7.89. The van der Waals surface area contributed by atoms with Crippen molar-refractivity contribution in [3.8, 4) is 0 Å². The highest BCUT2D eigenvalue weighted by atomic mass is 32.2. The molecule has 1 amide bonds. The van der Waals surface area contributed by atoms with Crippen LogP contribution in [0.2, 0.25) is 0 Å². The number of carbonyl (C=O) groups excluding carboxylic acids is 1. The zero-order valence-electron chi connectivity index (χ0n) is 14.0. The standard InChI is InChI=1S/C18H22N2O3S/c1-13(2)20-18(21)15-9-6-10-17(11-15)24(22,23)19-12-16-8-5-4-7-14(16)3/h4-11,13,19H,12H2,1-3H3,(H,20,21). The summed E-state index contributed by atoms with van der Waals surface area (Å²) in [6.07, 6.45) is 0. The van der Waals surface area contributed by atoms with Crippen LogP contribution < -0.4 is 10.0 Å². The van der Waals surface area contributed by atoms with E-state index in [0.717, 1.165) is 11.1 Å². The van der Waals surface area contributed by atoms with E-state index >= 15 is 0 Å². The van der Waals surface area contributed by atoms with Gasteiger partial charge in [-0.15, -0.1) is 0 Å². The molecule has 2 aromatic rings. The van der Waals surface area contributed by atoms with Gasteiger partial charge < -0.3 is 5.32 Å². The molecule has 2 rings (SSSR count). The molecule has 0 radical (unpaired) electrons. The van der Waals surface area contributed by atoms with Crippen molar-refractivity contribution in [3.63, 3.8) is 0 Å². The molecular formula is C18H22N2O3S. The molecule has 2 N–H and O–H groups in total. The minimum atomic E-state index is -3.69. The fourth-order valence-corrected chi connectivity index (χ4v) is 3.27. The number of aryl methyl sites for hydroxylation is 1. The summed E-state index contributed by atoms with van der Waals surface area (Å²) in [6.45, 7) is 5.84. The van der Waals surface area contributed by atoms with Crippen LogP contribution in [0.25, 0.3) is 0 Å². The molecule has 0 saturated carbocycles. The van der Waals surface area contributed by atoms with E-state index in [1.807, 2.05) is 45.0 Å². The molecule has 0 bridgehead atoms. The fourth-order valence-electron chi connectivity index (χ4n) is 2.21. The SMILES string of the molecule is Cc1ccccc1CNS(=O)(=O)c1cccc(C(=O)NC(C)C)c1. The van der Waals surface area contributed by atoms with Crippen molar-refractivity contribution >= 4 is 15.9 Å². The summed E-state index contributed by atoms with van der Waals surface area (Å²) in [7, 11) is -3.69. The van der Waals surface area contributed by atoms with Crippen molar-refractivity contribution in [2.75, 3.05) is 0 Å². The maximum Gasteiger partial charge on any atom is 0.251 e. The zero-order valence-corrected chi connectivity index (χ0v) is 14.9. The van der Waals surface area contributed by atoms with Crippen LogP contribution >= 0.6 is 0 Å². The van der Waals surface area contributed by atoms with Gasteiger partial charge in [-0.25, -0.2) is 13.1 Å². The molecule has 0 aromatic heterocycles. The smallest absolute Gasteiger partial charge is 0.251 e. The molecule has 0 fully saturated rings. The van der Waals surface area contributed by atoms with Crippen LogP contribution in [0.3, 0.4) is 0 Å². The summed E-state index contributed by atoms with van der Waals surface area (Å²) in [5, 5.41) is 2.75. The summed E-state index contributed by atoms with van der Waals surface area (Å²) >= 11 is 0. The van der Waals surface area contributed by atoms with Gasteiger partial charge in [-0.2, -0.15) is 0 Å². The summed E-state index contributed by atoms with van der Waals surface area (Å²) < 4.78 is 27.5. The molecule has 5 nitrogen and oxygen atoms in total. The molecule has 6 heteroatoms. The molecule has 0 aliphatic rings. The van der Waals surface area contributed by atoms with Crippen LogP contribution in [0.15, 0.2) is 53.4 Å². The van der Waals surface area contributed by atoms with Gasteiger partial charge in [0.25, 0.3) is 5.91 Å². The number of rotatable bonds is 6. The van der Waals surface area contributed by atoms with Gasteiger partial charge in [0, 0.05) is 18.2 Å². The summed E-state index contributed by atoms with van der Waals surface area (Å²) in [4.78, 5) is 12.1. The Morgan fingerprint density at radius 1 is 1.08 bits per heavy atom. The third-order valence-electron chi connectivity index (χ3n) is 3.54. The molecule has 0 heterocycles. The van der Waals surface area contributed by atoms with Crippen molar-refractivity contribution in [1.29, 1.82) is 0 Å². The van der Waals surface area contributed by atoms with E-state index in [-0.39, 0.29) is 23.4 Å². The van der Waals surface area contributed by atoms with Crippen molar-refractivity contribution in [2.24, 2.45) is 0 Å². The second-order valence-corrected chi connectivity index (χ2v) is 7.67. The Hall–Kier alpha value is -2.18. The average molecular weight is 346 g/mol. The lowest BCUT2D eigenvalue weighted by Crippen LogP contribution is -2.30. The van der Waals surface area contributed by atoms with Gasteiger partial charge in [-0.05, 0) is 50.1 Å². The van der Waals surface area contributed by atoms with Gasteiger partial charge in [0.1, 0.15) is 0 Å². The van der Waals surface area contributed by atoms with Gasteiger partial charge in [-0.3, -0.25) is 4.79 Å². The third-order valence-corrected chi connectivity index (χ3v) is 4.94. The molecule has 0 unspecified atom stereocenters. The Labute approximate surface area is 143 Å². The van der Waals surface area contributed by atoms with Gasteiger partial charge >= 0.3 is 0 Å². The van der Waals surface area contributed by atoms with E-state index in [9.17, 15) is 13.2 Å². The second-order valence-electron chi connectivity index (χ2n) is 5.91. The number of hydrogen-bond donors (Lipinski definition) is 2. The maximum absolute atomic E-state index is 12.5. The van der Waals surface area contributed by atoms with Gasteiger partial charge in [-0.1, -0.05) is 30.3 Å². The zero-order chi connectivity index (χ0) is 17.7. The van der Waals surface area contributed by atoms with Crippen LogP contribution in [0.1, 0.15) is 35.3 Å². The van der Waals surface area contributed by atoms with Crippen molar-refractivity contribution < 1.29 is 13.2 Å². The number of carbonyl (C=O) groups is 1. The lowest BCUT2D eigenvalue weighted by atomic mass is 10.1. The largest absolute Gasteiger partial charge is 0.350 e. The molecule has 24 heavy (non-hydrogen) atoms. The summed E-state index contributed by atoms with van der Waals surface area (Å²) in [5.74, 6) is -0.291. The van der Waals surface area contributed by atoms with Crippen molar-refractivity contribution in [2.45, 2.75) is 38.3 Å². The topological polar surface area (TPSA) is 75.3 Å². The molecule has 0 aliphatic carbocycles. The minimum Gasteiger partial charge on any atom is -0.350 e. The Morgan fingerprint density at radius 3 is 2.46 bits per heavy atom. The monoisotopic (exact) mass is 346 g/mol. The van der Waals surface area contributed by atoms with E-state index in [1.54, 1.807) is 12.1 Å². The number of amides is 1. The molecular weight excluding hydrogens is 324 g/mol. The summed E-state index contributed by atoms with van der Waals surface area (Å²) in [6, 6.07) is 13.6. The van der Waals surface area contributed by atoms with Gasteiger partial charge in [0.2, 0.25) is 10.0 Å². The minimum absolute atomic E-state index is 0.0167. The molecule has 0 aliphatic heterocycles. The Morgan fingerprint density at radius 2 is 1.79 bits per heavy atom. The maximum atomic E-state index is 12.5. The van der Waals surface area contributed by atoms with Gasteiger partial charge in [0.05, 0.1) is 4.90 Å². The van der Waals surface area contributed by atoms with Crippen LogP contribution in [0.5, 0.6) is 0 Å². The quantitative estimate of drug-likeness (QED) is 0.844. The highest BCUT2D eigenvalue weighted by Crippen LogP contribution is 2.13. The Balaban J connectivity index is 2.17. The Bertz CT molecular complexity index is 830. The third kappa shape index (κ3) is 4.66. The van der Waals surface area contributed by atoms with E-state index < -0.39 is 10.0 Å². The predicted octanol–water partition coefficient (Wildman–Crippen LogP) is 2.61. The molecule has 0 spiro atoms. The van der Waals surface area contributed by atoms with Crippen molar-refractivity contribution in [3.05, 3.63) is 65.2 Å². The molecule has 0 saturated heterocycles. The van der Waals surface area contributed by atoms with Crippen LogP contribution in [-0.2, 0) is 16.6 Å². The lowest BCUT2D eigenvalue weighted by Gasteiger charge is -2.11. The number of nitrogens with one attached hydrogen (secondary N) is 2.